The molecule has 0 amide bonds. The predicted molar refractivity (Wildman–Crippen MR) is 80.3 cm³/mol. The smallest absolute Gasteiger partial charge is 0.354 e. The number of hydrogen-bond acceptors (Lipinski definition) is 2. The van der Waals surface area contributed by atoms with E-state index in [1.165, 1.54) is 0 Å². The number of esters is 1. The van der Waals surface area contributed by atoms with Gasteiger partial charge in [0.25, 0.3) is 0 Å². The van der Waals surface area contributed by atoms with E-state index in [4.69, 9.17) is 4.74 Å². The SMILES string of the molecule is C=C(C)c1ccc2[nH]c(C(=O)OCC)cc2c1.CC. The Hall–Kier alpha value is -2.03. The summed E-state index contributed by atoms with van der Waals surface area (Å²) in [4.78, 5) is 14.6. The Kier molecular flexibility index (Phi) is 5.37. The normalized spacial score (nSPS) is 9.68. The molecule has 3 heteroatoms. The Balaban J connectivity index is 0.000000861. The van der Waals surface area contributed by atoms with Crippen LogP contribution in [0.1, 0.15) is 43.7 Å². The first-order valence-electron chi connectivity index (χ1n) is 6.57. The van der Waals surface area contributed by atoms with E-state index < -0.39 is 0 Å². The number of hydrogen-bond donors (Lipinski definition) is 1. The van der Waals surface area contributed by atoms with Crippen LogP contribution in [0.2, 0.25) is 0 Å². The first-order chi connectivity index (χ1) is 9.11. The average molecular weight is 259 g/mol. The fourth-order valence-corrected chi connectivity index (χ4v) is 1.72. The summed E-state index contributed by atoms with van der Waals surface area (Å²) in [7, 11) is 0. The van der Waals surface area contributed by atoms with Crippen LogP contribution in [-0.2, 0) is 4.74 Å². The van der Waals surface area contributed by atoms with Gasteiger partial charge in [-0.25, -0.2) is 4.79 Å². The van der Waals surface area contributed by atoms with E-state index >= 15 is 0 Å². The lowest BCUT2D eigenvalue weighted by molar-refractivity contribution is 0.0520. The van der Waals surface area contributed by atoms with Crippen molar-refractivity contribution in [2.24, 2.45) is 0 Å². The molecule has 1 heterocycles. The molecule has 2 rings (SSSR count). The number of aromatic nitrogens is 1. The highest BCUT2D eigenvalue weighted by Gasteiger charge is 2.10. The van der Waals surface area contributed by atoms with Crippen LogP contribution in [0, 0.1) is 0 Å². The number of aromatic amines is 1. The molecule has 0 aliphatic rings. The molecule has 0 atom stereocenters. The number of rotatable bonds is 3. The minimum atomic E-state index is -0.319. The number of carbonyl (C=O) groups excluding carboxylic acids is 1. The van der Waals surface area contributed by atoms with Gasteiger partial charge in [0, 0.05) is 10.9 Å². The average Bonchev–Trinajstić information content (AvgIpc) is 2.84. The maximum Gasteiger partial charge on any atom is 0.354 e. The van der Waals surface area contributed by atoms with E-state index in [0.29, 0.717) is 12.3 Å². The van der Waals surface area contributed by atoms with Gasteiger partial charge in [0.15, 0.2) is 0 Å². The van der Waals surface area contributed by atoms with E-state index in [2.05, 4.69) is 11.6 Å². The van der Waals surface area contributed by atoms with E-state index in [1.54, 1.807) is 13.0 Å². The van der Waals surface area contributed by atoms with Crippen molar-refractivity contribution in [2.45, 2.75) is 27.7 Å². The number of carbonyl (C=O) groups is 1. The third-order valence-corrected chi connectivity index (χ3v) is 2.61. The van der Waals surface area contributed by atoms with Crippen molar-refractivity contribution < 1.29 is 9.53 Å². The summed E-state index contributed by atoms with van der Waals surface area (Å²) < 4.78 is 4.95. The highest BCUT2D eigenvalue weighted by atomic mass is 16.5. The molecule has 0 fully saturated rings. The maximum atomic E-state index is 11.6. The summed E-state index contributed by atoms with van der Waals surface area (Å²) >= 11 is 0. The molecule has 19 heavy (non-hydrogen) atoms. The molecule has 3 nitrogen and oxygen atoms in total. The Labute approximate surface area is 114 Å². The van der Waals surface area contributed by atoms with E-state index in [1.807, 2.05) is 39.0 Å². The van der Waals surface area contributed by atoms with Crippen molar-refractivity contribution in [1.82, 2.24) is 4.98 Å². The summed E-state index contributed by atoms with van der Waals surface area (Å²) in [6.07, 6.45) is 0. The van der Waals surface area contributed by atoms with Gasteiger partial charge in [0.1, 0.15) is 5.69 Å². The molecular weight excluding hydrogens is 238 g/mol. The minimum absolute atomic E-state index is 0.319. The third kappa shape index (κ3) is 3.47. The molecule has 102 valence electrons. The second kappa shape index (κ2) is 6.78. The van der Waals surface area contributed by atoms with Crippen molar-refractivity contribution in [3.05, 3.63) is 42.1 Å². The first kappa shape index (κ1) is 15.0. The van der Waals surface area contributed by atoms with Crippen molar-refractivity contribution in [3.63, 3.8) is 0 Å². The molecule has 0 aliphatic heterocycles. The van der Waals surface area contributed by atoms with Crippen molar-refractivity contribution in [3.8, 4) is 0 Å². The molecule has 0 aliphatic carbocycles. The predicted octanol–water partition coefficient (Wildman–Crippen LogP) is 4.40. The molecule has 1 aromatic heterocycles. The molecular formula is C16H21NO2. The molecule has 0 radical (unpaired) electrons. The molecule has 0 saturated carbocycles. The summed E-state index contributed by atoms with van der Waals surface area (Å²) in [6.45, 7) is 12.0. The Morgan fingerprint density at radius 2 is 2.00 bits per heavy atom. The summed E-state index contributed by atoms with van der Waals surface area (Å²) in [5, 5.41) is 0.994. The molecule has 1 aromatic carbocycles. The molecule has 1 N–H and O–H groups in total. The highest BCUT2D eigenvalue weighted by Crippen LogP contribution is 2.21. The van der Waals surface area contributed by atoms with Crippen LogP contribution in [0.4, 0.5) is 0 Å². The molecule has 2 aromatic rings. The first-order valence-corrected chi connectivity index (χ1v) is 6.57. The number of benzene rings is 1. The van der Waals surface area contributed by atoms with Crippen molar-refractivity contribution in [1.29, 1.82) is 0 Å². The van der Waals surface area contributed by atoms with Crippen molar-refractivity contribution in [2.75, 3.05) is 6.61 Å². The standard InChI is InChI=1S/C14H15NO2.C2H6/c1-4-17-14(16)13-8-11-7-10(9(2)3)5-6-12(11)15-13;1-2/h5-8,15H,2,4H2,1,3H3;1-2H3. The van der Waals surface area contributed by atoms with Crippen LogP contribution in [0.5, 0.6) is 0 Å². The Bertz CT molecular complexity index is 581. The van der Waals surface area contributed by atoms with E-state index in [0.717, 1.165) is 22.0 Å². The van der Waals surface area contributed by atoms with Gasteiger partial charge in [0.2, 0.25) is 0 Å². The Morgan fingerprint density at radius 3 is 2.58 bits per heavy atom. The molecule has 0 spiro atoms. The van der Waals surface area contributed by atoms with Crippen LogP contribution in [0.25, 0.3) is 16.5 Å². The van der Waals surface area contributed by atoms with Gasteiger partial charge < -0.3 is 9.72 Å². The van der Waals surface area contributed by atoms with Crippen LogP contribution >= 0.6 is 0 Å². The van der Waals surface area contributed by atoms with Gasteiger partial charge >= 0.3 is 5.97 Å². The van der Waals surface area contributed by atoms with Crippen LogP contribution < -0.4 is 0 Å². The highest BCUT2D eigenvalue weighted by molar-refractivity contribution is 5.95. The van der Waals surface area contributed by atoms with Crippen LogP contribution in [0.3, 0.4) is 0 Å². The second-order valence-electron chi connectivity index (χ2n) is 3.99. The summed E-state index contributed by atoms with van der Waals surface area (Å²) in [5.74, 6) is -0.319. The van der Waals surface area contributed by atoms with Gasteiger partial charge in [-0.1, -0.05) is 32.1 Å². The van der Waals surface area contributed by atoms with Crippen molar-refractivity contribution >= 4 is 22.4 Å². The number of allylic oxidation sites excluding steroid dienone is 1. The van der Waals surface area contributed by atoms with Gasteiger partial charge in [-0.2, -0.15) is 0 Å². The number of nitrogens with one attached hydrogen (secondary N) is 1. The minimum Gasteiger partial charge on any atom is -0.461 e. The van der Waals surface area contributed by atoms with Crippen LogP contribution in [0.15, 0.2) is 30.8 Å². The quantitative estimate of drug-likeness (QED) is 0.830. The number of H-pyrrole nitrogens is 1. The van der Waals surface area contributed by atoms with Gasteiger partial charge in [-0.3, -0.25) is 0 Å². The van der Waals surface area contributed by atoms with Gasteiger partial charge in [-0.05, 0) is 37.6 Å². The van der Waals surface area contributed by atoms with Gasteiger partial charge in [0.05, 0.1) is 6.61 Å². The number of ether oxygens (including phenoxy) is 1. The fourth-order valence-electron chi connectivity index (χ4n) is 1.72. The summed E-state index contributed by atoms with van der Waals surface area (Å²) in [5.41, 5.74) is 3.50. The lowest BCUT2D eigenvalue weighted by Gasteiger charge is -1.98. The largest absolute Gasteiger partial charge is 0.461 e. The maximum absolute atomic E-state index is 11.6. The fraction of sp³-hybridized carbons (Fsp3) is 0.312. The zero-order chi connectivity index (χ0) is 14.4. The zero-order valence-corrected chi connectivity index (χ0v) is 12.0. The lowest BCUT2D eigenvalue weighted by atomic mass is 10.1. The van der Waals surface area contributed by atoms with E-state index in [-0.39, 0.29) is 5.97 Å². The third-order valence-electron chi connectivity index (χ3n) is 2.61. The second-order valence-corrected chi connectivity index (χ2v) is 3.99. The molecule has 0 saturated heterocycles. The lowest BCUT2D eigenvalue weighted by Crippen LogP contribution is -2.04. The Morgan fingerprint density at radius 1 is 1.32 bits per heavy atom. The molecule has 0 bridgehead atoms. The topological polar surface area (TPSA) is 42.1 Å². The van der Waals surface area contributed by atoms with Gasteiger partial charge in [-0.15, -0.1) is 0 Å². The molecule has 0 unspecified atom stereocenters. The van der Waals surface area contributed by atoms with E-state index in [9.17, 15) is 4.79 Å². The van der Waals surface area contributed by atoms with Crippen LogP contribution in [-0.4, -0.2) is 17.6 Å². The number of fused-ring (bicyclic) bond motifs is 1. The monoisotopic (exact) mass is 259 g/mol. The zero-order valence-electron chi connectivity index (χ0n) is 12.0. The summed E-state index contributed by atoms with van der Waals surface area (Å²) in [6, 6.07) is 7.74.